The highest BCUT2D eigenvalue weighted by atomic mass is 19.1. The zero-order valence-corrected chi connectivity index (χ0v) is 11.5. The van der Waals surface area contributed by atoms with Crippen molar-refractivity contribution >= 4 is 0 Å². The Balaban J connectivity index is 1.98. The van der Waals surface area contributed by atoms with Gasteiger partial charge in [0, 0.05) is 6.42 Å². The van der Waals surface area contributed by atoms with Crippen molar-refractivity contribution in [2.75, 3.05) is 13.2 Å². The number of fused-ring (bicyclic) bond motifs is 1. The lowest BCUT2D eigenvalue weighted by atomic mass is 9.96. The van der Waals surface area contributed by atoms with Crippen LogP contribution in [0.2, 0.25) is 0 Å². The van der Waals surface area contributed by atoms with Crippen molar-refractivity contribution in [1.29, 1.82) is 0 Å². The first kappa shape index (κ1) is 13.1. The second-order valence-corrected chi connectivity index (χ2v) is 5.01. The standard InChI is InChI=1S/C17H18FNO/c1-2-19-17(13-4-3-5-15(18)11-13)14-6-7-16-12(10-14)8-9-20-16/h3-7,10-11,17,19H,2,8-9H2,1H3. The predicted octanol–water partition coefficient (Wildman–Crippen LogP) is 3.46. The number of hydrogen-bond donors (Lipinski definition) is 1. The molecule has 1 aliphatic rings. The van der Waals surface area contributed by atoms with Crippen LogP contribution in [-0.4, -0.2) is 13.2 Å². The van der Waals surface area contributed by atoms with Crippen LogP contribution >= 0.6 is 0 Å². The third-order valence-electron chi connectivity index (χ3n) is 3.64. The number of nitrogens with one attached hydrogen (secondary N) is 1. The van der Waals surface area contributed by atoms with Crippen molar-refractivity contribution in [1.82, 2.24) is 5.32 Å². The minimum Gasteiger partial charge on any atom is -0.493 e. The van der Waals surface area contributed by atoms with Gasteiger partial charge in [-0.3, -0.25) is 0 Å². The van der Waals surface area contributed by atoms with Crippen molar-refractivity contribution in [3.05, 3.63) is 65.0 Å². The monoisotopic (exact) mass is 271 g/mol. The first-order valence-electron chi connectivity index (χ1n) is 7.02. The number of rotatable bonds is 4. The number of ether oxygens (including phenoxy) is 1. The first-order valence-corrected chi connectivity index (χ1v) is 7.02. The molecule has 0 saturated heterocycles. The molecule has 20 heavy (non-hydrogen) atoms. The van der Waals surface area contributed by atoms with Gasteiger partial charge in [0.2, 0.25) is 0 Å². The Labute approximate surface area is 118 Å². The Morgan fingerprint density at radius 1 is 1.20 bits per heavy atom. The van der Waals surface area contributed by atoms with Crippen molar-refractivity contribution in [3.63, 3.8) is 0 Å². The van der Waals surface area contributed by atoms with Crippen molar-refractivity contribution in [3.8, 4) is 5.75 Å². The quantitative estimate of drug-likeness (QED) is 0.919. The molecule has 0 fully saturated rings. The maximum Gasteiger partial charge on any atom is 0.123 e. The van der Waals surface area contributed by atoms with E-state index in [0.717, 1.165) is 36.4 Å². The summed E-state index contributed by atoms with van der Waals surface area (Å²) < 4.78 is 19.0. The molecule has 0 saturated carbocycles. The molecule has 0 bridgehead atoms. The normalized spacial score (nSPS) is 14.7. The highest BCUT2D eigenvalue weighted by molar-refractivity contribution is 5.43. The Kier molecular flexibility index (Phi) is 3.70. The first-order chi connectivity index (χ1) is 9.78. The molecule has 3 rings (SSSR count). The maximum absolute atomic E-state index is 13.5. The second kappa shape index (κ2) is 5.63. The summed E-state index contributed by atoms with van der Waals surface area (Å²) in [6.45, 7) is 3.64. The molecule has 0 radical (unpaired) electrons. The van der Waals surface area contributed by atoms with Gasteiger partial charge in [-0.05, 0) is 41.4 Å². The van der Waals surface area contributed by atoms with Gasteiger partial charge < -0.3 is 10.1 Å². The van der Waals surface area contributed by atoms with E-state index in [-0.39, 0.29) is 11.9 Å². The average Bonchev–Trinajstić information content (AvgIpc) is 2.92. The van der Waals surface area contributed by atoms with Gasteiger partial charge in [-0.1, -0.05) is 31.2 Å². The summed E-state index contributed by atoms with van der Waals surface area (Å²) >= 11 is 0. The Hall–Kier alpha value is -1.87. The molecule has 104 valence electrons. The van der Waals surface area contributed by atoms with Crippen LogP contribution in [0.15, 0.2) is 42.5 Å². The van der Waals surface area contributed by atoms with E-state index in [0.29, 0.717) is 0 Å². The summed E-state index contributed by atoms with van der Waals surface area (Å²) in [6.07, 6.45) is 0.950. The smallest absolute Gasteiger partial charge is 0.123 e. The van der Waals surface area contributed by atoms with Gasteiger partial charge in [0.25, 0.3) is 0 Å². The van der Waals surface area contributed by atoms with Gasteiger partial charge in [-0.25, -0.2) is 4.39 Å². The zero-order chi connectivity index (χ0) is 13.9. The fourth-order valence-electron chi connectivity index (χ4n) is 2.70. The van der Waals surface area contributed by atoms with Crippen LogP contribution in [0.4, 0.5) is 4.39 Å². The molecular weight excluding hydrogens is 253 g/mol. The van der Waals surface area contributed by atoms with Crippen molar-refractivity contribution in [2.45, 2.75) is 19.4 Å². The van der Waals surface area contributed by atoms with Crippen LogP contribution in [0, 0.1) is 5.82 Å². The average molecular weight is 271 g/mol. The molecule has 1 aliphatic heterocycles. The van der Waals surface area contributed by atoms with Crippen molar-refractivity contribution in [2.24, 2.45) is 0 Å². The summed E-state index contributed by atoms with van der Waals surface area (Å²) in [6, 6.07) is 13.0. The van der Waals surface area contributed by atoms with Gasteiger partial charge >= 0.3 is 0 Å². The van der Waals surface area contributed by atoms with Crippen LogP contribution in [0.25, 0.3) is 0 Å². The lowest BCUT2D eigenvalue weighted by Crippen LogP contribution is -2.22. The number of benzene rings is 2. The highest BCUT2D eigenvalue weighted by Crippen LogP contribution is 2.30. The molecule has 1 heterocycles. The van der Waals surface area contributed by atoms with E-state index >= 15 is 0 Å². The lowest BCUT2D eigenvalue weighted by Gasteiger charge is -2.19. The summed E-state index contributed by atoms with van der Waals surface area (Å²) in [5, 5.41) is 3.43. The number of halogens is 1. The van der Waals surface area contributed by atoms with E-state index < -0.39 is 0 Å². The van der Waals surface area contributed by atoms with E-state index in [2.05, 4.69) is 24.4 Å². The van der Waals surface area contributed by atoms with Gasteiger partial charge in [0.05, 0.1) is 12.6 Å². The topological polar surface area (TPSA) is 21.3 Å². The van der Waals surface area contributed by atoms with E-state index in [1.54, 1.807) is 12.1 Å². The zero-order valence-electron chi connectivity index (χ0n) is 11.5. The summed E-state index contributed by atoms with van der Waals surface area (Å²) in [5.74, 6) is 0.776. The van der Waals surface area contributed by atoms with Gasteiger partial charge in [0.1, 0.15) is 11.6 Å². The molecular formula is C17H18FNO. The third-order valence-corrected chi connectivity index (χ3v) is 3.64. The highest BCUT2D eigenvalue weighted by Gasteiger charge is 2.18. The van der Waals surface area contributed by atoms with Crippen LogP contribution in [0.3, 0.4) is 0 Å². The Bertz CT molecular complexity index is 612. The van der Waals surface area contributed by atoms with E-state index in [4.69, 9.17) is 4.74 Å². The fourth-order valence-corrected chi connectivity index (χ4v) is 2.70. The number of hydrogen-bond acceptors (Lipinski definition) is 2. The summed E-state index contributed by atoms with van der Waals surface area (Å²) in [7, 11) is 0. The van der Waals surface area contributed by atoms with Crippen LogP contribution in [0.1, 0.15) is 29.7 Å². The molecule has 3 heteroatoms. The molecule has 2 aromatic carbocycles. The van der Waals surface area contributed by atoms with Crippen molar-refractivity contribution < 1.29 is 9.13 Å². The Morgan fingerprint density at radius 3 is 2.85 bits per heavy atom. The summed E-state index contributed by atoms with van der Waals surface area (Å²) in [5.41, 5.74) is 3.34. The molecule has 1 atom stereocenters. The molecule has 2 aromatic rings. The molecule has 1 unspecified atom stereocenters. The lowest BCUT2D eigenvalue weighted by molar-refractivity contribution is 0.357. The summed E-state index contributed by atoms with van der Waals surface area (Å²) in [4.78, 5) is 0. The molecule has 2 nitrogen and oxygen atoms in total. The van der Waals surface area contributed by atoms with Crippen LogP contribution in [0.5, 0.6) is 5.75 Å². The van der Waals surface area contributed by atoms with Crippen LogP contribution < -0.4 is 10.1 Å². The van der Waals surface area contributed by atoms with Gasteiger partial charge in [-0.15, -0.1) is 0 Å². The third kappa shape index (κ3) is 2.54. The van der Waals surface area contributed by atoms with E-state index in [1.165, 1.54) is 11.6 Å². The molecule has 0 spiro atoms. The maximum atomic E-state index is 13.5. The molecule has 0 aromatic heterocycles. The Morgan fingerprint density at radius 2 is 2.05 bits per heavy atom. The van der Waals surface area contributed by atoms with E-state index in [9.17, 15) is 4.39 Å². The minimum absolute atomic E-state index is 0.0154. The molecule has 0 aliphatic carbocycles. The van der Waals surface area contributed by atoms with Gasteiger partial charge in [-0.2, -0.15) is 0 Å². The SMILES string of the molecule is CCNC(c1cccc(F)c1)c1ccc2c(c1)CCO2. The van der Waals surface area contributed by atoms with E-state index in [1.807, 2.05) is 12.1 Å². The molecule has 0 amide bonds. The fraction of sp³-hybridized carbons (Fsp3) is 0.294. The molecule has 1 N–H and O–H groups in total. The predicted molar refractivity (Wildman–Crippen MR) is 77.6 cm³/mol. The minimum atomic E-state index is -0.199. The largest absolute Gasteiger partial charge is 0.493 e. The van der Waals surface area contributed by atoms with Gasteiger partial charge in [0.15, 0.2) is 0 Å². The van der Waals surface area contributed by atoms with Crippen LogP contribution in [-0.2, 0) is 6.42 Å². The second-order valence-electron chi connectivity index (χ2n) is 5.01.